The maximum Gasteiger partial charge on any atom is 0.294 e. The van der Waals surface area contributed by atoms with Gasteiger partial charge in [-0.2, -0.15) is 4.99 Å². The minimum absolute atomic E-state index is 0.0998. The summed E-state index contributed by atoms with van der Waals surface area (Å²) >= 11 is 6.54. The largest absolute Gasteiger partial charge is 0.508 e. The molecule has 8 nitrogen and oxygen atoms in total. The first-order valence-corrected chi connectivity index (χ1v) is 14.7. The van der Waals surface area contributed by atoms with Gasteiger partial charge in [-0.1, -0.05) is 24.4 Å². The minimum Gasteiger partial charge on any atom is -0.508 e. The first-order chi connectivity index (χ1) is 18.8. The van der Waals surface area contributed by atoms with Crippen LogP contribution in [0.2, 0.25) is 5.02 Å². The van der Waals surface area contributed by atoms with E-state index in [2.05, 4.69) is 39.2 Å². The third kappa shape index (κ3) is 4.96. The Bertz CT molecular complexity index is 1270. The molecule has 0 amide bonds. The Hall–Kier alpha value is -2.54. The lowest BCUT2D eigenvalue weighted by Gasteiger charge is -2.37. The molecule has 7 atom stereocenters. The number of hydrogen-bond donors (Lipinski definition) is 3. The van der Waals surface area contributed by atoms with Crippen LogP contribution in [0.1, 0.15) is 62.5 Å². The maximum absolute atomic E-state index is 14.3. The van der Waals surface area contributed by atoms with Gasteiger partial charge in [0.2, 0.25) is 12.1 Å². The van der Waals surface area contributed by atoms with E-state index in [9.17, 15) is 9.50 Å². The topological polar surface area (TPSA) is 84.7 Å². The van der Waals surface area contributed by atoms with Crippen molar-refractivity contribution >= 4 is 23.6 Å². The second kappa shape index (κ2) is 9.83. The van der Waals surface area contributed by atoms with Gasteiger partial charge in [0.05, 0.1) is 5.54 Å². The number of nitrogens with zero attached hydrogens (tertiary/aromatic N) is 4. The number of halogens is 2. The third-order valence-electron chi connectivity index (χ3n) is 9.39. The second-order valence-electron chi connectivity index (χ2n) is 12.3. The Morgan fingerprint density at radius 2 is 2.03 bits per heavy atom. The molecule has 3 N–H and O–H groups in total. The molecule has 1 aliphatic carbocycles. The van der Waals surface area contributed by atoms with Crippen molar-refractivity contribution in [3.63, 3.8) is 0 Å². The summed E-state index contributed by atoms with van der Waals surface area (Å²) in [6.07, 6.45) is 4.43. The summed E-state index contributed by atoms with van der Waals surface area (Å²) in [5.74, 6) is 8.18. The van der Waals surface area contributed by atoms with Crippen LogP contribution in [0.3, 0.4) is 0 Å². The number of likely N-dealkylation sites (tertiary alicyclic amines) is 1. The van der Waals surface area contributed by atoms with Crippen LogP contribution in [0, 0.1) is 17.8 Å². The van der Waals surface area contributed by atoms with E-state index in [1.165, 1.54) is 12.8 Å². The molecule has 7 rings (SSSR count). The van der Waals surface area contributed by atoms with Crippen LogP contribution in [0.5, 0.6) is 5.75 Å². The van der Waals surface area contributed by atoms with Gasteiger partial charge in [-0.15, -0.1) is 0 Å². The number of guanidine groups is 1. The average Bonchev–Trinajstić information content (AvgIpc) is 3.17. The summed E-state index contributed by atoms with van der Waals surface area (Å²) < 4.78 is 20.6. The van der Waals surface area contributed by atoms with Crippen LogP contribution < -0.4 is 10.6 Å². The molecule has 0 radical (unpaired) electrons. The highest BCUT2D eigenvalue weighted by Gasteiger charge is 2.49. The van der Waals surface area contributed by atoms with E-state index in [1.54, 1.807) is 12.1 Å². The molecule has 5 aliphatic heterocycles. The van der Waals surface area contributed by atoms with Gasteiger partial charge in [-0.25, -0.2) is 9.38 Å². The van der Waals surface area contributed by atoms with Crippen LogP contribution in [0.15, 0.2) is 22.1 Å². The van der Waals surface area contributed by atoms with E-state index < -0.39 is 12.3 Å². The number of hydrogen-bond acceptors (Lipinski definition) is 8. The molecule has 6 aliphatic rings. The van der Waals surface area contributed by atoms with Crippen molar-refractivity contribution in [3.05, 3.63) is 28.3 Å². The van der Waals surface area contributed by atoms with Gasteiger partial charge >= 0.3 is 0 Å². The number of phenols is 1. The molecule has 10 heteroatoms. The Labute approximate surface area is 234 Å². The summed E-state index contributed by atoms with van der Waals surface area (Å²) in [7, 11) is 0. The lowest BCUT2D eigenvalue weighted by atomic mass is 9.95. The van der Waals surface area contributed by atoms with Crippen LogP contribution in [-0.2, 0) is 4.74 Å². The van der Waals surface area contributed by atoms with Gasteiger partial charge in [0.1, 0.15) is 18.5 Å². The normalized spacial score (nSPS) is 36.9. The van der Waals surface area contributed by atoms with Gasteiger partial charge in [0.15, 0.2) is 0 Å². The molecule has 5 fully saturated rings. The number of phenolic OH excluding ortho intramolecular Hbond substituents is 1. The number of alkyl halides is 1. The molecule has 4 saturated heterocycles. The molecule has 0 aromatic heterocycles. The molecule has 208 valence electrons. The molecule has 1 aromatic rings. The first-order valence-electron chi connectivity index (χ1n) is 14.3. The second-order valence-corrected chi connectivity index (χ2v) is 12.7. The summed E-state index contributed by atoms with van der Waals surface area (Å²) in [4.78, 5) is 14.1. The van der Waals surface area contributed by atoms with Crippen molar-refractivity contribution in [2.75, 3.05) is 32.8 Å². The Balaban J connectivity index is 1.16. The summed E-state index contributed by atoms with van der Waals surface area (Å²) in [5.41, 5.74) is 1.46. The van der Waals surface area contributed by atoms with Crippen LogP contribution >= 0.6 is 11.6 Å². The van der Waals surface area contributed by atoms with Gasteiger partial charge in [-0.3, -0.25) is 10.2 Å². The SMILES string of the molecule is C[C@H]1CC1c1c(Cl)cc(O)cc1C#CC1N=C(OC[C@@]23CCCN2CC(F)C3)NC(N2CC3CCC(C2)N3)=N1. The molecule has 5 unspecified atom stereocenters. The maximum atomic E-state index is 14.3. The smallest absolute Gasteiger partial charge is 0.294 e. The van der Waals surface area contributed by atoms with E-state index >= 15 is 0 Å². The molecule has 39 heavy (non-hydrogen) atoms. The summed E-state index contributed by atoms with van der Waals surface area (Å²) in [6.45, 7) is 5.73. The van der Waals surface area contributed by atoms with Crippen LogP contribution in [0.25, 0.3) is 0 Å². The summed E-state index contributed by atoms with van der Waals surface area (Å²) in [5, 5.41) is 17.8. The molecular formula is C29H36ClFN6O2. The highest BCUT2D eigenvalue weighted by Crippen LogP contribution is 2.51. The third-order valence-corrected chi connectivity index (χ3v) is 9.70. The number of nitrogens with one attached hydrogen (secondary N) is 2. The average molecular weight is 555 g/mol. The quantitative estimate of drug-likeness (QED) is 0.498. The predicted molar refractivity (Wildman–Crippen MR) is 149 cm³/mol. The fraction of sp³-hybridized carbons (Fsp3) is 0.655. The van der Waals surface area contributed by atoms with Crippen LogP contribution in [0.4, 0.5) is 4.39 Å². The van der Waals surface area contributed by atoms with Crippen molar-refractivity contribution in [1.82, 2.24) is 20.4 Å². The molecular weight excluding hydrogens is 519 g/mol. The molecule has 0 spiro atoms. The Morgan fingerprint density at radius 1 is 1.23 bits per heavy atom. The van der Waals surface area contributed by atoms with Crippen molar-refractivity contribution in [1.29, 1.82) is 0 Å². The van der Waals surface area contributed by atoms with E-state index in [4.69, 9.17) is 26.3 Å². The fourth-order valence-electron chi connectivity index (χ4n) is 7.29. The highest BCUT2D eigenvalue weighted by atomic mass is 35.5. The molecule has 1 aromatic carbocycles. The number of aromatic hydroxyl groups is 1. The van der Waals surface area contributed by atoms with Crippen molar-refractivity contribution in [3.8, 4) is 17.6 Å². The minimum atomic E-state index is -0.806. The van der Waals surface area contributed by atoms with Gasteiger partial charge in [0.25, 0.3) is 6.02 Å². The van der Waals surface area contributed by atoms with Crippen molar-refractivity contribution in [2.24, 2.45) is 15.9 Å². The number of fused-ring (bicyclic) bond motifs is 3. The van der Waals surface area contributed by atoms with E-state index in [1.807, 2.05) is 0 Å². The highest BCUT2D eigenvalue weighted by molar-refractivity contribution is 6.31. The molecule has 1 saturated carbocycles. The van der Waals surface area contributed by atoms with Gasteiger partial charge in [0, 0.05) is 48.7 Å². The fourth-order valence-corrected chi connectivity index (χ4v) is 7.64. The lowest BCUT2D eigenvalue weighted by molar-refractivity contribution is 0.103. The predicted octanol–water partition coefficient (Wildman–Crippen LogP) is 3.19. The number of aliphatic imine (C=N–C) groups is 2. The molecule has 5 heterocycles. The number of rotatable bonds is 3. The van der Waals surface area contributed by atoms with E-state index in [-0.39, 0.29) is 11.3 Å². The van der Waals surface area contributed by atoms with Crippen molar-refractivity contribution < 1.29 is 14.2 Å². The monoisotopic (exact) mass is 554 g/mol. The molecule has 2 bridgehead atoms. The zero-order chi connectivity index (χ0) is 26.7. The first kappa shape index (κ1) is 25.4. The summed E-state index contributed by atoms with van der Waals surface area (Å²) in [6, 6.07) is 4.56. The zero-order valence-corrected chi connectivity index (χ0v) is 23.1. The Kier molecular flexibility index (Phi) is 6.41. The number of benzene rings is 1. The zero-order valence-electron chi connectivity index (χ0n) is 22.3. The standard InChI is InChI=1S/C29H36ClFN6O2/c1-17-9-23(17)26-18(10-22(38)11-24(26)30)3-6-25-33-27(36-14-20-4-5-21(15-36)32-20)35-28(34-25)39-16-29-7-2-8-37(29)13-19(31)12-29/h10-11,17,19-21,23,25,32,38H,2,4-5,7-9,12-16H2,1H3,(H,33,34,35)/t17-,19?,20?,21?,23?,25?,29-/m0/s1. The van der Waals surface area contributed by atoms with E-state index in [0.717, 1.165) is 56.0 Å². The van der Waals surface area contributed by atoms with Gasteiger partial charge in [-0.05, 0) is 74.1 Å². The number of piperazine rings is 1. The number of ether oxygens (including phenoxy) is 1. The lowest BCUT2D eigenvalue weighted by Crippen LogP contribution is -2.58. The van der Waals surface area contributed by atoms with Crippen LogP contribution in [-0.4, -0.2) is 89.6 Å². The van der Waals surface area contributed by atoms with E-state index in [0.29, 0.717) is 54.5 Å². The van der Waals surface area contributed by atoms with Crippen molar-refractivity contribution in [2.45, 2.75) is 81.3 Å². The Morgan fingerprint density at radius 3 is 2.79 bits per heavy atom. The number of amidine groups is 1. The van der Waals surface area contributed by atoms with Gasteiger partial charge < -0.3 is 20.1 Å².